The van der Waals surface area contributed by atoms with E-state index in [1.165, 1.54) is 4.68 Å². The van der Waals surface area contributed by atoms with Crippen molar-refractivity contribution < 1.29 is 14.3 Å². The number of nitriles is 1. The zero-order valence-electron chi connectivity index (χ0n) is 16.7. The average Bonchev–Trinajstić information content (AvgIpc) is 3.49. The van der Waals surface area contributed by atoms with Gasteiger partial charge in [0.1, 0.15) is 16.3 Å². The molecule has 1 fully saturated rings. The van der Waals surface area contributed by atoms with E-state index in [0.29, 0.717) is 12.2 Å². The van der Waals surface area contributed by atoms with Gasteiger partial charge >= 0.3 is 5.97 Å². The van der Waals surface area contributed by atoms with Crippen molar-refractivity contribution in [1.82, 2.24) is 15.1 Å². The third-order valence-electron chi connectivity index (χ3n) is 5.08. The van der Waals surface area contributed by atoms with Crippen LogP contribution in [0.3, 0.4) is 0 Å². The highest BCUT2D eigenvalue weighted by Gasteiger charge is 2.43. The van der Waals surface area contributed by atoms with Crippen LogP contribution < -0.4 is 5.32 Å². The Morgan fingerprint density at radius 1 is 1.34 bits per heavy atom. The highest BCUT2D eigenvalue weighted by Crippen LogP contribution is 2.39. The molecule has 1 N–H and O–H groups in total. The van der Waals surface area contributed by atoms with Gasteiger partial charge in [0.2, 0.25) is 0 Å². The van der Waals surface area contributed by atoms with Crippen molar-refractivity contribution in [2.45, 2.75) is 45.7 Å². The van der Waals surface area contributed by atoms with Crippen LogP contribution in [0.4, 0.5) is 0 Å². The molecule has 3 rings (SSSR count). The molecule has 1 atom stereocenters. The Morgan fingerprint density at radius 3 is 2.59 bits per heavy atom. The third-order valence-corrected chi connectivity index (χ3v) is 5.47. The molecule has 2 aromatic rings. The van der Waals surface area contributed by atoms with Gasteiger partial charge in [0.15, 0.2) is 6.61 Å². The van der Waals surface area contributed by atoms with Crippen molar-refractivity contribution in [3.8, 4) is 6.07 Å². The number of hydrogen-bond acceptors (Lipinski definition) is 5. The van der Waals surface area contributed by atoms with Crippen molar-refractivity contribution in [2.24, 2.45) is 5.92 Å². The molecule has 1 aliphatic rings. The van der Waals surface area contributed by atoms with Crippen LogP contribution in [0.2, 0.25) is 5.15 Å². The SMILES string of the molecule is Cc1ccc(Cn2nc(C)c(C(=O)OCC(=O)N[C@](C)(C#N)C3CC3)c2Cl)cc1. The topological polar surface area (TPSA) is 97.0 Å². The summed E-state index contributed by atoms with van der Waals surface area (Å²) in [5, 5.41) is 16.4. The molecule has 1 aromatic heterocycles. The number of amides is 1. The predicted molar refractivity (Wildman–Crippen MR) is 107 cm³/mol. The monoisotopic (exact) mass is 414 g/mol. The summed E-state index contributed by atoms with van der Waals surface area (Å²) < 4.78 is 6.65. The molecule has 152 valence electrons. The molecular formula is C21H23ClN4O3. The number of rotatable bonds is 7. The lowest BCUT2D eigenvalue weighted by Gasteiger charge is -2.22. The number of carbonyl (C=O) groups is 2. The molecule has 0 saturated heterocycles. The van der Waals surface area contributed by atoms with Crippen LogP contribution in [0.15, 0.2) is 24.3 Å². The fourth-order valence-electron chi connectivity index (χ4n) is 3.17. The van der Waals surface area contributed by atoms with Crippen LogP contribution in [-0.2, 0) is 16.1 Å². The van der Waals surface area contributed by atoms with Crippen molar-refractivity contribution in [1.29, 1.82) is 5.26 Å². The van der Waals surface area contributed by atoms with Crippen molar-refractivity contribution in [3.63, 3.8) is 0 Å². The van der Waals surface area contributed by atoms with E-state index in [2.05, 4.69) is 16.5 Å². The minimum absolute atomic E-state index is 0.136. The van der Waals surface area contributed by atoms with E-state index < -0.39 is 24.0 Å². The smallest absolute Gasteiger partial charge is 0.343 e. The summed E-state index contributed by atoms with van der Waals surface area (Å²) in [6.45, 7) is 5.27. The summed E-state index contributed by atoms with van der Waals surface area (Å²) in [4.78, 5) is 24.6. The summed E-state index contributed by atoms with van der Waals surface area (Å²) in [6, 6.07) is 10.1. The standard InChI is InChI=1S/C21H23ClN4O3/c1-13-4-6-15(7-5-13)10-26-19(22)18(14(2)25-26)20(28)29-11-17(27)24-21(3,12-23)16-8-9-16/h4-7,16H,8-11H2,1-3H3,(H,24,27)/t21-/m1/s1. The van der Waals surface area contributed by atoms with Gasteiger partial charge in [-0.05, 0) is 45.1 Å². The molecule has 0 aliphatic heterocycles. The normalized spacial score (nSPS) is 15.3. The fourth-order valence-corrected chi connectivity index (χ4v) is 3.48. The van der Waals surface area contributed by atoms with E-state index in [1.807, 2.05) is 31.2 Å². The first-order chi connectivity index (χ1) is 13.7. The Balaban J connectivity index is 1.63. The van der Waals surface area contributed by atoms with Crippen molar-refractivity contribution in [2.75, 3.05) is 6.61 Å². The molecule has 0 unspecified atom stereocenters. The molecule has 29 heavy (non-hydrogen) atoms. The maximum Gasteiger partial charge on any atom is 0.343 e. The number of ether oxygens (including phenoxy) is 1. The van der Waals surface area contributed by atoms with E-state index in [-0.39, 0.29) is 16.6 Å². The molecule has 0 radical (unpaired) electrons. The van der Waals surface area contributed by atoms with E-state index in [4.69, 9.17) is 16.3 Å². The number of aromatic nitrogens is 2. The number of halogens is 1. The first-order valence-electron chi connectivity index (χ1n) is 9.41. The quantitative estimate of drug-likeness (QED) is 0.702. The summed E-state index contributed by atoms with van der Waals surface area (Å²) in [7, 11) is 0. The highest BCUT2D eigenvalue weighted by atomic mass is 35.5. The summed E-state index contributed by atoms with van der Waals surface area (Å²) in [6.07, 6.45) is 1.80. The average molecular weight is 415 g/mol. The number of esters is 1. The molecule has 1 aliphatic carbocycles. The number of nitrogens with one attached hydrogen (secondary N) is 1. The van der Waals surface area contributed by atoms with E-state index in [0.717, 1.165) is 24.0 Å². The number of benzene rings is 1. The number of carbonyl (C=O) groups excluding carboxylic acids is 2. The minimum atomic E-state index is -0.935. The van der Waals surface area contributed by atoms with Crippen molar-refractivity contribution in [3.05, 3.63) is 51.8 Å². The second-order valence-corrected chi connectivity index (χ2v) is 7.97. The zero-order valence-corrected chi connectivity index (χ0v) is 17.4. The van der Waals surface area contributed by atoms with Crippen LogP contribution in [0.1, 0.15) is 46.9 Å². The van der Waals surface area contributed by atoms with Crippen molar-refractivity contribution >= 4 is 23.5 Å². The Labute approximate surface area is 174 Å². The van der Waals surface area contributed by atoms with Gasteiger partial charge in [0.25, 0.3) is 5.91 Å². The first-order valence-corrected chi connectivity index (χ1v) is 9.79. The number of aryl methyl sites for hydroxylation is 2. The lowest BCUT2D eigenvalue weighted by molar-refractivity contribution is -0.125. The van der Waals surface area contributed by atoms with Crippen LogP contribution in [0, 0.1) is 31.1 Å². The molecule has 1 heterocycles. The molecule has 1 aromatic carbocycles. The van der Waals surface area contributed by atoms with Gasteiger partial charge in [-0.1, -0.05) is 41.4 Å². The van der Waals surface area contributed by atoms with Crippen LogP contribution in [0.25, 0.3) is 0 Å². The van der Waals surface area contributed by atoms with Gasteiger partial charge in [0, 0.05) is 0 Å². The molecule has 1 saturated carbocycles. The minimum Gasteiger partial charge on any atom is -0.452 e. The van der Waals surface area contributed by atoms with E-state index >= 15 is 0 Å². The van der Waals surface area contributed by atoms with Gasteiger partial charge in [-0.15, -0.1) is 0 Å². The number of nitrogens with zero attached hydrogens (tertiary/aromatic N) is 3. The van der Waals surface area contributed by atoms with E-state index in [9.17, 15) is 14.9 Å². The zero-order chi connectivity index (χ0) is 21.2. The summed E-state index contributed by atoms with van der Waals surface area (Å²) in [5.74, 6) is -1.10. The summed E-state index contributed by atoms with van der Waals surface area (Å²) >= 11 is 6.36. The Hall–Kier alpha value is -2.85. The molecule has 8 heteroatoms. The Kier molecular flexibility index (Phi) is 5.94. The van der Waals surface area contributed by atoms with Gasteiger partial charge in [-0.2, -0.15) is 10.4 Å². The Bertz CT molecular complexity index is 973. The second kappa shape index (κ2) is 8.26. The van der Waals surface area contributed by atoms with Gasteiger partial charge < -0.3 is 10.1 Å². The molecule has 0 bridgehead atoms. The lowest BCUT2D eigenvalue weighted by Crippen LogP contribution is -2.48. The predicted octanol–water partition coefficient (Wildman–Crippen LogP) is 3.17. The van der Waals surface area contributed by atoms with E-state index in [1.54, 1.807) is 13.8 Å². The summed E-state index contributed by atoms with van der Waals surface area (Å²) in [5.41, 5.74) is 1.77. The van der Waals surface area contributed by atoms with Crippen LogP contribution >= 0.6 is 11.6 Å². The fraction of sp³-hybridized carbons (Fsp3) is 0.429. The van der Waals surface area contributed by atoms with Gasteiger partial charge in [-0.3, -0.25) is 4.79 Å². The molecule has 0 spiro atoms. The maximum atomic E-state index is 12.5. The lowest BCUT2D eigenvalue weighted by atomic mass is 9.98. The first kappa shape index (κ1) is 20.9. The van der Waals surface area contributed by atoms with Gasteiger partial charge in [0.05, 0.1) is 18.3 Å². The van der Waals surface area contributed by atoms with Crippen LogP contribution in [0.5, 0.6) is 0 Å². The van der Waals surface area contributed by atoms with Crippen LogP contribution in [-0.4, -0.2) is 33.8 Å². The van der Waals surface area contributed by atoms with Gasteiger partial charge in [-0.25, -0.2) is 9.48 Å². The number of hydrogen-bond donors (Lipinski definition) is 1. The molecule has 1 amide bonds. The second-order valence-electron chi connectivity index (χ2n) is 7.61. The third kappa shape index (κ3) is 4.77. The maximum absolute atomic E-state index is 12.5. The molecule has 7 nitrogen and oxygen atoms in total. The largest absolute Gasteiger partial charge is 0.452 e. The Morgan fingerprint density at radius 2 is 2.00 bits per heavy atom. The molecular weight excluding hydrogens is 392 g/mol. The highest BCUT2D eigenvalue weighted by molar-refractivity contribution is 6.32.